The summed E-state index contributed by atoms with van der Waals surface area (Å²) in [5.41, 5.74) is 0. The van der Waals surface area contributed by atoms with Crippen molar-refractivity contribution in [2.75, 3.05) is 77.6 Å². The molecule has 53 heavy (non-hydrogen) atoms. The molecular formula is C39H80O12S2. The minimum Gasteiger partial charge on any atom is -0.379 e. The molecule has 2 N–H and O–H groups in total. The Morgan fingerprint density at radius 1 is 0.358 bits per heavy atom. The molecule has 14 heteroatoms. The monoisotopic (exact) mass is 805 g/mol. The fraction of sp³-hybridized carbons (Fsp3) is 1.00. The predicted molar refractivity (Wildman–Crippen MR) is 213 cm³/mol. The van der Waals surface area contributed by atoms with E-state index in [1.807, 2.05) is 0 Å². The summed E-state index contributed by atoms with van der Waals surface area (Å²) in [7, 11) is -8.07. The molecule has 0 saturated heterocycles. The van der Waals surface area contributed by atoms with Crippen LogP contribution >= 0.6 is 0 Å². The number of ether oxygens (including phenoxy) is 6. The molecule has 2 unspecified atom stereocenters. The van der Waals surface area contributed by atoms with Crippen LogP contribution in [0.4, 0.5) is 0 Å². The minimum atomic E-state index is -4.03. The lowest BCUT2D eigenvalue weighted by atomic mass is 10.1. The Morgan fingerprint density at radius 3 is 0.906 bits per heavy atom. The van der Waals surface area contributed by atoms with Crippen molar-refractivity contribution >= 4 is 20.2 Å². The lowest BCUT2D eigenvalue weighted by molar-refractivity contribution is -0.0705. The highest BCUT2D eigenvalue weighted by atomic mass is 32.2. The SMILES string of the molecule is CCCCCCCCCCCCOCC(COCCCOCC(COCCCCCCCCCCCC)OCCCS(=O)(=O)O)OCCCS(=O)(=O)O. The van der Waals surface area contributed by atoms with E-state index in [-0.39, 0.29) is 63.0 Å². The van der Waals surface area contributed by atoms with Crippen LogP contribution in [0.3, 0.4) is 0 Å². The van der Waals surface area contributed by atoms with Gasteiger partial charge in [0.2, 0.25) is 0 Å². The van der Waals surface area contributed by atoms with E-state index in [1.165, 1.54) is 103 Å². The smallest absolute Gasteiger partial charge is 0.264 e. The van der Waals surface area contributed by atoms with E-state index in [9.17, 15) is 16.8 Å². The fourth-order valence-electron chi connectivity index (χ4n) is 5.78. The van der Waals surface area contributed by atoms with Crippen molar-refractivity contribution in [1.82, 2.24) is 0 Å². The summed E-state index contributed by atoms with van der Waals surface area (Å²) >= 11 is 0. The molecule has 0 aliphatic rings. The number of hydrogen-bond donors (Lipinski definition) is 2. The van der Waals surface area contributed by atoms with Gasteiger partial charge in [0.05, 0.1) is 37.9 Å². The van der Waals surface area contributed by atoms with Crippen LogP contribution in [0.15, 0.2) is 0 Å². The number of hydrogen-bond acceptors (Lipinski definition) is 10. The minimum absolute atomic E-state index is 0.172. The van der Waals surface area contributed by atoms with Crippen molar-refractivity contribution < 1.29 is 54.4 Å². The van der Waals surface area contributed by atoms with Gasteiger partial charge in [0.15, 0.2) is 0 Å². The third-order valence-corrected chi connectivity index (χ3v) is 10.5. The van der Waals surface area contributed by atoms with Crippen molar-refractivity contribution in [2.24, 2.45) is 0 Å². The Labute approximate surface area is 325 Å². The van der Waals surface area contributed by atoms with Gasteiger partial charge in [0.1, 0.15) is 12.2 Å². The first kappa shape index (κ1) is 52.6. The lowest BCUT2D eigenvalue weighted by Crippen LogP contribution is -2.28. The van der Waals surface area contributed by atoms with Crippen LogP contribution in [-0.4, -0.2) is 116 Å². The molecule has 0 heterocycles. The van der Waals surface area contributed by atoms with Gasteiger partial charge in [-0.3, -0.25) is 9.11 Å². The molecular weight excluding hydrogens is 725 g/mol. The molecule has 0 aromatic heterocycles. The van der Waals surface area contributed by atoms with E-state index >= 15 is 0 Å². The first-order chi connectivity index (χ1) is 25.6. The standard InChI is InChI=1S/C39H80O12S2/c1-3-5-7-9-11-13-15-17-19-21-26-46-34-38(50-30-24-32-52(40,41)42)36-48-28-23-29-49-37-39(51-31-25-33-53(43,44)45)35-47-27-22-20-18-16-14-12-10-8-6-4-2/h38-39H,3-37H2,1-2H3,(H,40,41,42)(H,43,44,45). The van der Waals surface area contributed by atoms with Crippen LogP contribution in [0.25, 0.3) is 0 Å². The first-order valence-electron chi connectivity index (χ1n) is 21.0. The van der Waals surface area contributed by atoms with E-state index in [1.54, 1.807) is 0 Å². The molecule has 0 aromatic rings. The summed E-state index contributed by atoms with van der Waals surface area (Å²) in [5, 5.41) is 0. The normalized spacial score (nSPS) is 13.5. The van der Waals surface area contributed by atoms with Crippen molar-refractivity contribution in [3.05, 3.63) is 0 Å². The molecule has 0 aliphatic carbocycles. The number of rotatable bonds is 44. The van der Waals surface area contributed by atoms with Gasteiger partial charge < -0.3 is 28.4 Å². The highest BCUT2D eigenvalue weighted by Gasteiger charge is 2.14. The maximum Gasteiger partial charge on any atom is 0.264 e. The molecule has 320 valence electrons. The maximum absolute atomic E-state index is 11.1. The third-order valence-electron chi connectivity index (χ3n) is 8.88. The highest BCUT2D eigenvalue weighted by Crippen LogP contribution is 2.12. The van der Waals surface area contributed by atoms with Gasteiger partial charge in [-0.1, -0.05) is 129 Å². The average Bonchev–Trinajstić information content (AvgIpc) is 3.10. The van der Waals surface area contributed by atoms with Gasteiger partial charge in [0.25, 0.3) is 20.2 Å². The molecule has 0 aliphatic heterocycles. The Balaban J connectivity index is 4.33. The fourth-order valence-corrected chi connectivity index (χ4v) is 6.74. The zero-order valence-electron chi connectivity index (χ0n) is 33.7. The summed E-state index contributed by atoms with van der Waals surface area (Å²) in [6.45, 7) is 8.21. The van der Waals surface area contributed by atoms with Crippen molar-refractivity contribution in [3.63, 3.8) is 0 Å². The summed E-state index contributed by atoms with van der Waals surface area (Å²) in [4.78, 5) is 0. The van der Waals surface area contributed by atoms with Crippen molar-refractivity contribution in [3.8, 4) is 0 Å². The van der Waals surface area contributed by atoms with Gasteiger partial charge in [-0.05, 0) is 32.1 Å². The summed E-state index contributed by atoms with van der Waals surface area (Å²) in [6.07, 6.45) is 25.3. The van der Waals surface area contributed by atoms with E-state index in [2.05, 4.69) is 13.8 Å². The lowest BCUT2D eigenvalue weighted by Gasteiger charge is -2.19. The van der Waals surface area contributed by atoms with Crippen LogP contribution in [0.2, 0.25) is 0 Å². The third kappa shape index (κ3) is 44.2. The van der Waals surface area contributed by atoms with Crippen LogP contribution < -0.4 is 0 Å². The zero-order chi connectivity index (χ0) is 39.1. The van der Waals surface area contributed by atoms with Gasteiger partial charge in [-0.2, -0.15) is 16.8 Å². The summed E-state index contributed by atoms with van der Waals surface area (Å²) < 4.78 is 97.2. The van der Waals surface area contributed by atoms with Crippen LogP contribution in [0.1, 0.15) is 162 Å². The molecule has 0 saturated carbocycles. The van der Waals surface area contributed by atoms with Crippen LogP contribution in [-0.2, 0) is 48.7 Å². The molecule has 0 bridgehead atoms. The Kier molecular flexibility index (Phi) is 38.1. The Bertz CT molecular complexity index is 890. The van der Waals surface area contributed by atoms with E-state index in [0.29, 0.717) is 46.1 Å². The first-order valence-corrected chi connectivity index (χ1v) is 24.2. The topological polar surface area (TPSA) is 164 Å². The zero-order valence-corrected chi connectivity index (χ0v) is 35.3. The van der Waals surface area contributed by atoms with Gasteiger partial charge >= 0.3 is 0 Å². The molecule has 0 fully saturated rings. The average molecular weight is 805 g/mol. The Hall–Kier alpha value is -0.420. The van der Waals surface area contributed by atoms with Crippen molar-refractivity contribution in [1.29, 1.82) is 0 Å². The molecule has 12 nitrogen and oxygen atoms in total. The largest absolute Gasteiger partial charge is 0.379 e. The molecule has 2 atom stereocenters. The highest BCUT2D eigenvalue weighted by molar-refractivity contribution is 7.86. The van der Waals surface area contributed by atoms with Gasteiger partial charge in [-0.25, -0.2) is 0 Å². The van der Waals surface area contributed by atoms with E-state index < -0.39 is 20.2 Å². The van der Waals surface area contributed by atoms with E-state index in [4.69, 9.17) is 37.5 Å². The number of unbranched alkanes of at least 4 members (excludes halogenated alkanes) is 18. The second kappa shape index (κ2) is 38.5. The molecule has 0 radical (unpaired) electrons. The summed E-state index contributed by atoms with van der Waals surface area (Å²) in [6, 6.07) is 0. The molecule has 0 aromatic carbocycles. The molecule has 0 rings (SSSR count). The quantitative estimate of drug-likeness (QED) is 0.0446. The van der Waals surface area contributed by atoms with E-state index in [0.717, 1.165) is 25.7 Å². The summed E-state index contributed by atoms with van der Waals surface area (Å²) in [5.74, 6) is -0.708. The second-order valence-corrected chi connectivity index (χ2v) is 17.4. The maximum atomic E-state index is 11.1. The van der Waals surface area contributed by atoms with Crippen LogP contribution in [0, 0.1) is 0 Å². The molecule has 0 amide bonds. The predicted octanol–water partition coefficient (Wildman–Crippen LogP) is 8.61. The second-order valence-electron chi connectivity index (χ2n) is 14.3. The van der Waals surface area contributed by atoms with Gasteiger partial charge in [0, 0.05) is 39.6 Å². The van der Waals surface area contributed by atoms with Crippen LogP contribution in [0.5, 0.6) is 0 Å². The molecule has 0 spiro atoms. The van der Waals surface area contributed by atoms with Crippen molar-refractivity contribution in [2.45, 2.75) is 174 Å². The van der Waals surface area contributed by atoms with Gasteiger partial charge in [-0.15, -0.1) is 0 Å². The Morgan fingerprint density at radius 2 is 0.623 bits per heavy atom.